The van der Waals surface area contributed by atoms with Crippen molar-refractivity contribution in [3.63, 3.8) is 0 Å². The first kappa shape index (κ1) is 16.0. The molecule has 1 fully saturated rings. The number of rotatable bonds is 1. The fourth-order valence-electron chi connectivity index (χ4n) is 1.72. The molecule has 4 nitrogen and oxygen atoms in total. The average molecular weight is 278 g/mol. The molecule has 0 bridgehead atoms. The Morgan fingerprint density at radius 3 is 2.47 bits per heavy atom. The van der Waals surface area contributed by atoms with E-state index in [-0.39, 0.29) is 30.7 Å². The zero-order chi connectivity index (χ0) is 10.7. The van der Waals surface area contributed by atoms with E-state index < -0.39 is 0 Å². The lowest BCUT2D eigenvalue weighted by Gasteiger charge is -2.27. The van der Waals surface area contributed by atoms with Crippen LogP contribution in [-0.2, 0) is 0 Å². The van der Waals surface area contributed by atoms with Crippen molar-refractivity contribution in [1.82, 2.24) is 10.2 Å². The number of hydrogen-bond acceptors (Lipinski definition) is 3. The van der Waals surface area contributed by atoms with Crippen molar-refractivity contribution in [2.24, 2.45) is 0 Å². The minimum atomic E-state index is 0. The molecule has 0 atom stereocenters. The number of nitrogens with one attached hydrogen (secondary N) is 1. The fraction of sp³-hybridized carbons (Fsp3) is 0.364. The molecule has 17 heavy (non-hydrogen) atoms. The van der Waals surface area contributed by atoms with Gasteiger partial charge in [-0.25, -0.2) is 0 Å². The van der Waals surface area contributed by atoms with Crippen LogP contribution < -0.4 is 11.1 Å². The van der Waals surface area contributed by atoms with E-state index >= 15 is 0 Å². The molecule has 1 aliphatic heterocycles. The van der Waals surface area contributed by atoms with Crippen LogP contribution in [0.1, 0.15) is 10.4 Å². The zero-order valence-electron chi connectivity index (χ0n) is 9.39. The highest BCUT2D eigenvalue weighted by atomic mass is 35.5. The first-order valence-electron chi connectivity index (χ1n) is 5.13. The van der Waals surface area contributed by atoms with Gasteiger partial charge < -0.3 is 16.0 Å². The van der Waals surface area contributed by atoms with Gasteiger partial charge in [0.05, 0.1) is 0 Å². The summed E-state index contributed by atoms with van der Waals surface area (Å²) >= 11 is 0. The Hall–Kier alpha value is -0.970. The summed E-state index contributed by atoms with van der Waals surface area (Å²) < 4.78 is 0. The van der Waals surface area contributed by atoms with Gasteiger partial charge in [0.1, 0.15) is 0 Å². The van der Waals surface area contributed by atoms with Crippen molar-refractivity contribution < 1.29 is 4.79 Å². The molecule has 1 saturated heterocycles. The van der Waals surface area contributed by atoms with Crippen LogP contribution in [0.15, 0.2) is 24.3 Å². The van der Waals surface area contributed by atoms with E-state index in [1.807, 2.05) is 11.0 Å². The average Bonchev–Trinajstić information content (AvgIpc) is 2.29. The number of nitrogens with zero attached hydrogens (tertiary/aromatic N) is 1. The highest BCUT2D eigenvalue weighted by Gasteiger charge is 2.17. The maximum Gasteiger partial charge on any atom is 0.254 e. The van der Waals surface area contributed by atoms with Crippen LogP contribution in [-0.4, -0.2) is 37.0 Å². The van der Waals surface area contributed by atoms with Crippen molar-refractivity contribution >= 4 is 36.4 Å². The van der Waals surface area contributed by atoms with Gasteiger partial charge in [-0.1, -0.05) is 6.07 Å². The van der Waals surface area contributed by atoms with E-state index in [0.717, 1.165) is 26.2 Å². The molecule has 0 aromatic heterocycles. The highest BCUT2D eigenvalue weighted by molar-refractivity contribution is 5.95. The Bertz CT molecular complexity index is 367. The van der Waals surface area contributed by atoms with Gasteiger partial charge in [0.15, 0.2) is 0 Å². The standard InChI is InChI=1S/C11H15N3O.2ClH/c12-10-3-1-2-9(8-10)11(15)14-6-4-13-5-7-14;;/h1-3,8,13H,4-7,12H2;2*1H. The number of halogens is 2. The van der Waals surface area contributed by atoms with Gasteiger partial charge in [-0.05, 0) is 18.2 Å². The molecule has 0 unspecified atom stereocenters. The molecular weight excluding hydrogens is 261 g/mol. The molecule has 1 amide bonds. The molecule has 0 spiro atoms. The van der Waals surface area contributed by atoms with E-state index in [9.17, 15) is 4.79 Å². The second-order valence-electron chi connectivity index (χ2n) is 3.67. The number of anilines is 1. The first-order chi connectivity index (χ1) is 7.27. The molecule has 0 saturated carbocycles. The number of piperazine rings is 1. The van der Waals surface area contributed by atoms with Gasteiger partial charge in [0.2, 0.25) is 0 Å². The third-order valence-electron chi connectivity index (χ3n) is 2.54. The largest absolute Gasteiger partial charge is 0.399 e. The van der Waals surface area contributed by atoms with Crippen LogP contribution in [0.4, 0.5) is 5.69 Å². The van der Waals surface area contributed by atoms with Gasteiger partial charge in [-0.2, -0.15) is 0 Å². The fourth-order valence-corrected chi connectivity index (χ4v) is 1.72. The van der Waals surface area contributed by atoms with Crippen molar-refractivity contribution in [3.05, 3.63) is 29.8 Å². The summed E-state index contributed by atoms with van der Waals surface area (Å²) in [5.41, 5.74) is 6.96. The lowest BCUT2D eigenvalue weighted by atomic mass is 10.1. The molecule has 3 N–H and O–H groups in total. The molecule has 1 aliphatic rings. The summed E-state index contributed by atoms with van der Waals surface area (Å²) in [6.07, 6.45) is 0. The lowest BCUT2D eigenvalue weighted by molar-refractivity contribution is 0.0736. The molecule has 0 radical (unpaired) electrons. The quantitative estimate of drug-likeness (QED) is 0.758. The van der Waals surface area contributed by atoms with Crippen molar-refractivity contribution in [3.8, 4) is 0 Å². The number of carbonyl (C=O) groups excluding carboxylic acids is 1. The maximum absolute atomic E-state index is 12.0. The summed E-state index contributed by atoms with van der Waals surface area (Å²) in [4.78, 5) is 13.8. The second-order valence-corrected chi connectivity index (χ2v) is 3.67. The Balaban J connectivity index is 0.00000128. The van der Waals surface area contributed by atoms with Crippen molar-refractivity contribution in [1.29, 1.82) is 0 Å². The van der Waals surface area contributed by atoms with Gasteiger partial charge >= 0.3 is 0 Å². The molecule has 6 heteroatoms. The van der Waals surface area contributed by atoms with Crippen LogP contribution >= 0.6 is 24.8 Å². The van der Waals surface area contributed by atoms with Crippen LogP contribution in [0, 0.1) is 0 Å². The van der Waals surface area contributed by atoms with Gasteiger partial charge in [-0.3, -0.25) is 4.79 Å². The second kappa shape index (κ2) is 7.37. The summed E-state index contributed by atoms with van der Waals surface area (Å²) in [5.74, 6) is 0.0730. The van der Waals surface area contributed by atoms with Crippen LogP contribution in [0.25, 0.3) is 0 Å². The lowest BCUT2D eigenvalue weighted by Crippen LogP contribution is -2.46. The van der Waals surface area contributed by atoms with E-state index in [2.05, 4.69) is 5.32 Å². The summed E-state index contributed by atoms with van der Waals surface area (Å²) in [7, 11) is 0. The SMILES string of the molecule is Cl.Cl.Nc1cccc(C(=O)N2CCNCC2)c1. The van der Waals surface area contributed by atoms with E-state index in [1.165, 1.54) is 0 Å². The summed E-state index contributed by atoms with van der Waals surface area (Å²) in [6, 6.07) is 7.13. The first-order valence-corrected chi connectivity index (χ1v) is 5.13. The summed E-state index contributed by atoms with van der Waals surface area (Å²) in [5, 5.41) is 3.21. The van der Waals surface area contributed by atoms with E-state index in [4.69, 9.17) is 5.73 Å². The molecule has 1 aromatic rings. The number of hydrogen-bond donors (Lipinski definition) is 2. The van der Waals surface area contributed by atoms with Crippen LogP contribution in [0.3, 0.4) is 0 Å². The summed E-state index contributed by atoms with van der Waals surface area (Å²) in [6.45, 7) is 3.28. The smallest absolute Gasteiger partial charge is 0.254 e. The topological polar surface area (TPSA) is 58.4 Å². The number of nitrogens with two attached hydrogens (primary N) is 1. The minimum Gasteiger partial charge on any atom is -0.399 e. The van der Waals surface area contributed by atoms with Gasteiger partial charge in [0, 0.05) is 37.4 Å². The maximum atomic E-state index is 12.0. The highest BCUT2D eigenvalue weighted by Crippen LogP contribution is 2.10. The minimum absolute atomic E-state index is 0. The third kappa shape index (κ3) is 4.07. The normalized spacial score (nSPS) is 14.5. The predicted octanol–water partition coefficient (Wildman–Crippen LogP) is 1.16. The number of amides is 1. The Morgan fingerprint density at radius 2 is 1.88 bits per heavy atom. The van der Waals surface area contributed by atoms with Crippen LogP contribution in [0.5, 0.6) is 0 Å². The van der Waals surface area contributed by atoms with E-state index in [0.29, 0.717) is 11.3 Å². The predicted molar refractivity (Wildman–Crippen MR) is 74.1 cm³/mol. The molecule has 2 rings (SSSR count). The van der Waals surface area contributed by atoms with Crippen molar-refractivity contribution in [2.45, 2.75) is 0 Å². The van der Waals surface area contributed by atoms with Gasteiger partial charge in [-0.15, -0.1) is 24.8 Å². The van der Waals surface area contributed by atoms with E-state index in [1.54, 1.807) is 18.2 Å². The number of nitrogen functional groups attached to an aromatic ring is 1. The molecule has 1 aromatic carbocycles. The molecular formula is C11H17Cl2N3O. The van der Waals surface area contributed by atoms with Gasteiger partial charge in [0.25, 0.3) is 5.91 Å². The Morgan fingerprint density at radius 1 is 1.24 bits per heavy atom. The Kier molecular flexibility index (Phi) is 6.95. The zero-order valence-corrected chi connectivity index (χ0v) is 11.0. The molecule has 1 heterocycles. The third-order valence-corrected chi connectivity index (χ3v) is 2.54. The van der Waals surface area contributed by atoms with Crippen molar-refractivity contribution in [2.75, 3.05) is 31.9 Å². The number of benzene rings is 1. The molecule has 0 aliphatic carbocycles. The Labute approximate surface area is 113 Å². The molecule has 96 valence electrons. The monoisotopic (exact) mass is 277 g/mol. The van der Waals surface area contributed by atoms with Crippen LogP contribution in [0.2, 0.25) is 0 Å². The number of carbonyl (C=O) groups is 1.